The number of nitrogens with zero attached hydrogens (tertiary/aromatic N) is 1. The molecule has 0 spiro atoms. The minimum Gasteiger partial charge on any atom is -0.493 e. The molecule has 5 heteroatoms. The van der Waals surface area contributed by atoms with Crippen molar-refractivity contribution in [3.8, 4) is 11.5 Å². The molecule has 1 fully saturated rings. The van der Waals surface area contributed by atoms with Crippen LogP contribution in [0.2, 0.25) is 0 Å². The maximum Gasteiger partial charge on any atom is 0.255 e. The molecule has 0 bridgehead atoms. The van der Waals surface area contributed by atoms with Gasteiger partial charge in [0.1, 0.15) is 0 Å². The highest BCUT2D eigenvalue weighted by Crippen LogP contribution is 2.33. The third-order valence-electron chi connectivity index (χ3n) is 4.56. The van der Waals surface area contributed by atoms with E-state index in [9.17, 15) is 4.79 Å². The highest BCUT2D eigenvalue weighted by molar-refractivity contribution is 14.1. The van der Waals surface area contributed by atoms with Crippen molar-refractivity contribution >= 4 is 28.5 Å². The summed E-state index contributed by atoms with van der Waals surface area (Å²) in [4.78, 5) is 14.7. The number of methoxy groups -OCH3 is 2. The third-order valence-corrected chi connectivity index (χ3v) is 5.45. The van der Waals surface area contributed by atoms with Crippen LogP contribution in [0.4, 0.5) is 0 Å². The van der Waals surface area contributed by atoms with Gasteiger partial charge in [0.05, 0.1) is 19.8 Å². The number of benzene rings is 1. The van der Waals surface area contributed by atoms with Gasteiger partial charge < -0.3 is 14.4 Å². The molecule has 0 aliphatic heterocycles. The summed E-state index contributed by atoms with van der Waals surface area (Å²) in [5.41, 5.74) is 0.680. The molecular formula is C17H24INO3. The van der Waals surface area contributed by atoms with Crippen molar-refractivity contribution in [2.45, 2.75) is 38.6 Å². The van der Waals surface area contributed by atoms with Gasteiger partial charge in [0.25, 0.3) is 5.91 Å². The van der Waals surface area contributed by atoms with Gasteiger partial charge in [-0.1, -0.05) is 6.92 Å². The largest absolute Gasteiger partial charge is 0.493 e. The van der Waals surface area contributed by atoms with Crippen molar-refractivity contribution < 1.29 is 14.3 Å². The van der Waals surface area contributed by atoms with Crippen LogP contribution in [0.5, 0.6) is 11.5 Å². The fraction of sp³-hybridized carbons (Fsp3) is 0.588. The first-order chi connectivity index (χ1) is 10.5. The van der Waals surface area contributed by atoms with Crippen molar-refractivity contribution in [3.63, 3.8) is 0 Å². The average Bonchev–Trinajstić information content (AvgIpc) is 2.53. The van der Waals surface area contributed by atoms with Crippen LogP contribution < -0.4 is 9.47 Å². The van der Waals surface area contributed by atoms with Crippen molar-refractivity contribution in [2.75, 3.05) is 21.3 Å². The van der Waals surface area contributed by atoms with Gasteiger partial charge >= 0.3 is 0 Å². The molecule has 1 saturated carbocycles. The standard InChI is InChI=1S/C17H24INO3/c1-11-5-7-12(8-6-11)19(2)17(20)13-9-15(21-3)16(22-4)10-14(13)18/h9-12H,5-8H2,1-4H3. The Kier molecular flexibility index (Phi) is 5.94. The summed E-state index contributed by atoms with van der Waals surface area (Å²) in [6, 6.07) is 3.97. The quantitative estimate of drug-likeness (QED) is 0.697. The molecule has 122 valence electrons. The highest BCUT2D eigenvalue weighted by atomic mass is 127. The second kappa shape index (κ2) is 7.53. The van der Waals surface area contributed by atoms with E-state index in [0.717, 1.165) is 22.3 Å². The van der Waals surface area contributed by atoms with E-state index in [1.807, 2.05) is 18.0 Å². The lowest BCUT2D eigenvalue weighted by Crippen LogP contribution is -2.39. The zero-order valence-corrected chi connectivity index (χ0v) is 15.8. The second-order valence-electron chi connectivity index (χ2n) is 6.02. The fourth-order valence-electron chi connectivity index (χ4n) is 3.00. The van der Waals surface area contributed by atoms with Crippen LogP contribution >= 0.6 is 22.6 Å². The molecular weight excluding hydrogens is 393 g/mol. The Bertz CT molecular complexity index is 539. The Balaban J connectivity index is 2.21. The van der Waals surface area contributed by atoms with Crippen LogP contribution in [0.3, 0.4) is 0 Å². The van der Waals surface area contributed by atoms with Gasteiger partial charge in [-0.05, 0) is 66.3 Å². The summed E-state index contributed by atoms with van der Waals surface area (Å²) in [5, 5.41) is 0. The van der Waals surface area contributed by atoms with E-state index in [1.165, 1.54) is 12.8 Å². The van der Waals surface area contributed by atoms with Gasteiger partial charge in [0, 0.05) is 16.7 Å². The summed E-state index contributed by atoms with van der Waals surface area (Å²) in [6.45, 7) is 2.29. The molecule has 0 heterocycles. The van der Waals surface area contributed by atoms with Crippen LogP contribution in [0.1, 0.15) is 43.0 Å². The Morgan fingerprint density at radius 3 is 2.23 bits per heavy atom. The number of hydrogen-bond donors (Lipinski definition) is 0. The van der Waals surface area contributed by atoms with Crippen molar-refractivity contribution in [1.82, 2.24) is 4.90 Å². The number of amides is 1. The van der Waals surface area contributed by atoms with Gasteiger partial charge in [-0.3, -0.25) is 4.79 Å². The molecule has 1 amide bonds. The number of carbonyl (C=O) groups excluding carboxylic acids is 1. The summed E-state index contributed by atoms with van der Waals surface area (Å²) < 4.78 is 11.5. The lowest BCUT2D eigenvalue weighted by Gasteiger charge is -2.34. The van der Waals surface area contributed by atoms with Crippen LogP contribution in [-0.4, -0.2) is 38.1 Å². The van der Waals surface area contributed by atoms with E-state index in [2.05, 4.69) is 29.5 Å². The minimum absolute atomic E-state index is 0.0601. The number of hydrogen-bond acceptors (Lipinski definition) is 3. The molecule has 1 aromatic rings. The Labute approximate surface area is 146 Å². The third kappa shape index (κ3) is 3.67. The molecule has 1 aromatic carbocycles. The average molecular weight is 417 g/mol. The molecule has 1 aliphatic carbocycles. The smallest absolute Gasteiger partial charge is 0.255 e. The first-order valence-electron chi connectivity index (χ1n) is 7.66. The van der Waals surface area contributed by atoms with Gasteiger partial charge in [-0.2, -0.15) is 0 Å². The first kappa shape index (κ1) is 17.4. The van der Waals surface area contributed by atoms with Crippen molar-refractivity contribution in [3.05, 3.63) is 21.3 Å². The first-order valence-corrected chi connectivity index (χ1v) is 8.74. The van der Waals surface area contributed by atoms with E-state index in [0.29, 0.717) is 23.1 Å². The van der Waals surface area contributed by atoms with Crippen LogP contribution in [0.15, 0.2) is 12.1 Å². The number of halogens is 1. The van der Waals surface area contributed by atoms with Gasteiger partial charge in [0.15, 0.2) is 11.5 Å². The zero-order chi connectivity index (χ0) is 16.3. The lowest BCUT2D eigenvalue weighted by molar-refractivity contribution is 0.0678. The number of rotatable bonds is 4. The molecule has 0 saturated heterocycles. The van der Waals surface area contributed by atoms with Crippen molar-refractivity contribution in [2.24, 2.45) is 5.92 Å². The Hall–Kier alpha value is -0.980. The van der Waals surface area contributed by atoms with E-state index in [-0.39, 0.29) is 5.91 Å². The fourth-order valence-corrected chi connectivity index (χ4v) is 3.67. The van der Waals surface area contributed by atoms with Crippen LogP contribution in [-0.2, 0) is 0 Å². The van der Waals surface area contributed by atoms with E-state index >= 15 is 0 Å². The molecule has 22 heavy (non-hydrogen) atoms. The zero-order valence-electron chi connectivity index (χ0n) is 13.7. The topological polar surface area (TPSA) is 38.8 Å². The minimum atomic E-state index is 0.0601. The molecule has 0 atom stereocenters. The Morgan fingerprint density at radius 1 is 1.14 bits per heavy atom. The van der Waals surface area contributed by atoms with Gasteiger partial charge in [-0.25, -0.2) is 0 Å². The SMILES string of the molecule is COc1cc(I)c(C(=O)N(C)C2CCC(C)CC2)cc1OC. The van der Waals surface area contributed by atoms with E-state index in [1.54, 1.807) is 20.3 Å². The van der Waals surface area contributed by atoms with E-state index < -0.39 is 0 Å². The predicted octanol–water partition coefficient (Wildman–Crippen LogP) is 3.96. The summed E-state index contributed by atoms with van der Waals surface area (Å²) in [7, 11) is 5.10. The lowest BCUT2D eigenvalue weighted by atomic mass is 9.86. The second-order valence-corrected chi connectivity index (χ2v) is 7.18. The summed E-state index contributed by atoms with van der Waals surface area (Å²) in [5.74, 6) is 2.08. The van der Waals surface area contributed by atoms with E-state index in [4.69, 9.17) is 9.47 Å². The molecule has 0 aromatic heterocycles. The molecule has 0 radical (unpaired) electrons. The molecule has 1 aliphatic rings. The van der Waals surface area contributed by atoms with Crippen LogP contribution in [0, 0.1) is 9.49 Å². The molecule has 0 N–H and O–H groups in total. The van der Waals surface area contributed by atoms with Crippen molar-refractivity contribution in [1.29, 1.82) is 0 Å². The molecule has 0 unspecified atom stereocenters. The Morgan fingerprint density at radius 2 is 1.68 bits per heavy atom. The highest BCUT2D eigenvalue weighted by Gasteiger charge is 2.27. The molecule has 2 rings (SSSR count). The normalized spacial score (nSPS) is 21.3. The summed E-state index contributed by atoms with van der Waals surface area (Å²) >= 11 is 2.18. The maximum absolute atomic E-state index is 12.8. The van der Waals surface area contributed by atoms with Crippen LogP contribution in [0.25, 0.3) is 0 Å². The predicted molar refractivity (Wildman–Crippen MR) is 95.8 cm³/mol. The summed E-state index contributed by atoms with van der Waals surface area (Å²) in [6.07, 6.45) is 4.58. The molecule has 4 nitrogen and oxygen atoms in total. The van der Waals surface area contributed by atoms with Gasteiger partial charge in [0.2, 0.25) is 0 Å². The monoisotopic (exact) mass is 417 g/mol. The maximum atomic E-state index is 12.8. The van der Waals surface area contributed by atoms with Gasteiger partial charge in [-0.15, -0.1) is 0 Å². The number of ether oxygens (including phenoxy) is 2. The number of carbonyl (C=O) groups is 1.